The van der Waals surface area contributed by atoms with Gasteiger partial charge in [-0.05, 0) is 32.2 Å². The Morgan fingerprint density at radius 3 is 2.54 bits per heavy atom. The summed E-state index contributed by atoms with van der Waals surface area (Å²) in [6.07, 6.45) is 0. The van der Waals surface area contributed by atoms with Gasteiger partial charge in [0, 0.05) is 24.6 Å². The number of rotatable bonds is 4. The van der Waals surface area contributed by atoms with Gasteiger partial charge in [0.25, 0.3) is 0 Å². The molecule has 3 heterocycles. The zero-order valence-corrected chi connectivity index (χ0v) is 17.6. The number of amides is 2. The lowest BCUT2D eigenvalue weighted by molar-refractivity contribution is -0.179. The molecule has 2 amide bonds. The highest BCUT2D eigenvalue weighted by Gasteiger charge is 2.62. The van der Waals surface area contributed by atoms with Crippen molar-refractivity contribution in [3.63, 3.8) is 0 Å². The summed E-state index contributed by atoms with van der Waals surface area (Å²) in [7, 11) is 0. The molecule has 3 atom stereocenters. The van der Waals surface area contributed by atoms with Gasteiger partial charge in [-0.3, -0.25) is 24.1 Å². The smallest absolute Gasteiger partial charge is 0.326 e. The van der Waals surface area contributed by atoms with Crippen LogP contribution in [0, 0.1) is 5.41 Å². The summed E-state index contributed by atoms with van der Waals surface area (Å²) in [5.74, 6) is -2.83. The zero-order valence-electron chi connectivity index (χ0n) is 16.0. The quantitative estimate of drug-likeness (QED) is 0.445. The molecule has 8 nitrogen and oxygen atoms in total. The van der Waals surface area contributed by atoms with Crippen molar-refractivity contribution >= 4 is 52.5 Å². The molecule has 0 radical (unpaired) electrons. The van der Waals surface area contributed by atoms with E-state index in [1.807, 2.05) is 5.38 Å². The number of aliphatic carboxylic acids is 1. The second-order valence-electron chi connectivity index (χ2n) is 7.87. The highest BCUT2D eigenvalue weighted by molar-refractivity contribution is 8.00. The van der Waals surface area contributed by atoms with Gasteiger partial charge < -0.3 is 14.7 Å². The molecule has 0 aromatic carbocycles. The maximum absolute atomic E-state index is 12.8. The highest BCUT2D eigenvalue weighted by Crippen LogP contribution is 2.45. The van der Waals surface area contributed by atoms with E-state index in [2.05, 4.69) is 0 Å². The van der Waals surface area contributed by atoms with Gasteiger partial charge in [0.1, 0.15) is 17.0 Å². The number of β-lactam (4-membered cyclic amide) rings is 1. The largest absolute Gasteiger partial charge is 0.480 e. The lowest BCUT2D eigenvalue weighted by Crippen LogP contribution is -2.75. The van der Waals surface area contributed by atoms with E-state index >= 15 is 0 Å². The number of hydrogen-bond acceptors (Lipinski definition) is 7. The van der Waals surface area contributed by atoms with E-state index in [0.717, 1.165) is 0 Å². The number of carboxylic acid groups (broad SMARTS) is 1. The van der Waals surface area contributed by atoms with Crippen LogP contribution < -0.4 is 4.90 Å². The third kappa shape index (κ3) is 3.39. The SMILES string of the molecule is CC(=O)N(c1ccsc1)C1C(=O)N2CC(C(=O)O)(C(=O)OC(C)(C)C)CS[C@H]12. The molecule has 0 aliphatic carbocycles. The minimum Gasteiger partial charge on any atom is -0.480 e. The average Bonchev–Trinajstić information content (AvgIpc) is 3.10. The van der Waals surface area contributed by atoms with Gasteiger partial charge in [0.05, 0.1) is 5.69 Å². The molecule has 3 rings (SSSR count). The number of fused-ring (bicyclic) bond motifs is 1. The number of hydrogen-bond donors (Lipinski definition) is 1. The Hall–Kier alpha value is -2.07. The van der Waals surface area contributed by atoms with Crippen LogP contribution in [0.25, 0.3) is 0 Å². The van der Waals surface area contributed by atoms with Crippen LogP contribution in [-0.4, -0.2) is 63.1 Å². The molecule has 0 bridgehead atoms. The standard InChI is InChI=1S/C18H22N2O6S2/c1-10(21)20(11-5-6-27-7-11)12-13(22)19-8-18(15(23)24,9-28-14(12)19)16(25)26-17(2,3)4/h5-7,12,14H,8-9H2,1-4H3,(H,23,24)/t12?,14-,18?/m1/s1. The number of ether oxygens (including phenoxy) is 1. The Morgan fingerprint density at radius 1 is 1.36 bits per heavy atom. The van der Waals surface area contributed by atoms with Gasteiger partial charge in [-0.2, -0.15) is 11.3 Å². The fourth-order valence-corrected chi connectivity index (χ4v) is 5.50. The van der Waals surface area contributed by atoms with E-state index in [1.165, 1.54) is 39.8 Å². The van der Waals surface area contributed by atoms with E-state index in [-0.39, 0.29) is 24.1 Å². The van der Waals surface area contributed by atoms with Crippen LogP contribution in [0.5, 0.6) is 0 Å². The fraction of sp³-hybridized carbons (Fsp3) is 0.556. The Balaban J connectivity index is 1.84. The van der Waals surface area contributed by atoms with Gasteiger partial charge in [0.15, 0.2) is 5.41 Å². The number of carboxylic acids is 1. The Bertz CT molecular complexity index is 819. The molecule has 1 aromatic heterocycles. The van der Waals surface area contributed by atoms with E-state index in [4.69, 9.17) is 4.74 Å². The van der Waals surface area contributed by atoms with Crippen molar-refractivity contribution in [2.75, 3.05) is 17.2 Å². The first kappa shape index (κ1) is 20.7. The zero-order chi connectivity index (χ0) is 20.9. The first-order valence-electron chi connectivity index (χ1n) is 8.69. The molecule has 0 spiro atoms. The topological polar surface area (TPSA) is 104 Å². The second-order valence-corrected chi connectivity index (χ2v) is 9.76. The number of thioether (sulfide) groups is 1. The number of esters is 1. The van der Waals surface area contributed by atoms with Gasteiger partial charge in [-0.25, -0.2) is 0 Å². The van der Waals surface area contributed by atoms with E-state index < -0.39 is 34.4 Å². The Kier molecular flexibility index (Phi) is 5.22. The van der Waals surface area contributed by atoms with Gasteiger partial charge in [-0.15, -0.1) is 11.8 Å². The van der Waals surface area contributed by atoms with Crippen LogP contribution in [0.2, 0.25) is 0 Å². The van der Waals surface area contributed by atoms with Crippen molar-refractivity contribution in [1.29, 1.82) is 0 Å². The predicted molar refractivity (Wildman–Crippen MR) is 105 cm³/mol. The molecule has 1 aromatic rings. The summed E-state index contributed by atoms with van der Waals surface area (Å²) in [6, 6.07) is 1.06. The van der Waals surface area contributed by atoms with Crippen molar-refractivity contribution < 1.29 is 29.0 Å². The van der Waals surface area contributed by atoms with Gasteiger partial charge in [0.2, 0.25) is 11.8 Å². The minimum absolute atomic E-state index is 0.0302. The number of carbonyl (C=O) groups excluding carboxylic acids is 3. The Labute approximate surface area is 170 Å². The lowest BCUT2D eigenvalue weighted by atomic mass is 9.86. The maximum atomic E-state index is 12.8. The van der Waals surface area contributed by atoms with Crippen LogP contribution in [0.3, 0.4) is 0 Å². The van der Waals surface area contributed by atoms with E-state index in [9.17, 15) is 24.3 Å². The van der Waals surface area contributed by atoms with Gasteiger partial charge in [-0.1, -0.05) is 0 Å². The molecule has 1 N–H and O–H groups in total. The van der Waals surface area contributed by atoms with Crippen molar-refractivity contribution in [3.8, 4) is 0 Å². The van der Waals surface area contributed by atoms with Crippen molar-refractivity contribution in [1.82, 2.24) is 4.90 Å². The molecule has 2 unspecified atom stereocenters. The van der Waals surface area contributed by atoms with Crippen LogP contribution in [0.4, 0.5) is 5.69 Å². The normalized spacial score (nSPS) is 26.9. The molecule has 2 saturated heterocycles. The van der Waals surface area contributed by atoms with Crippen LogP contribution >= 0.6 is 23.1 Å². The third-order valence-corrected chi connectivity index (χ3v) is 6.84. The van der Waals surface area contributed by atoms with E-state index in [1.54, 1.807) is 32.2 Å². The number of anilines is 1. The molecule has 2 aliphatic rings. The molecule has 152 valence electrons. The summed E-state index contributed by atoms with van der Waals surface area (Å²) in [5.41, 5.74) is -2.02. The third-order valence-electron chi connectivity index (χ3n) is 4.65. The molecule has 28 heavy (non-hydrogen) atoms. The maximum Gasteiger partial charge on any atom is 0.326 e. The summed E-state index contributed by atoms with van der Waals surface area (Å²) >= 11 is 2.61. The number of nitrogens with zero attached hydrogens (tertiary/aromatic N) is 2. The number of thiophene rings is 1. The summed E-state index contributed by atoms with van der Waals surface area (Å²) in [6.45, 7) is 6.11. The monoisotopic (exact) mass is 426 g/mol. The van der Waals surface area contributed by atoms with E-state index in [0.29, 0.717) is 5.69 Å². The fourth-order valence-electron chi connectivity index (χ4n) is 3.31. The summed E-state index contributed by atoms with van der Waals surface area (Å²) in [5, 5.41) is 13.0. The molecule has 0 saturated carbocycles. The summed E-state index contributed by atoms with van der Waals surface area (Å²) < 4.78 is 5.32. The second kappa shape index (κ2) is 7.07. The first-order chi connectivity index (χ1) is 13.0. The average molecular weight is 427 g/mol. The molecule has 2 aliphatic heterocycles. The lowest BCUT2D eigenvalue weighted by Gasteiger charge is -2.55. The summed E-state index contributed by atoms with van der Waals surface area (Å²) in [4.78, 5) is 52.4. The van der Waals surface area contributed by atoms with Crippen LogP contribution in [-0.2, 0) is 23.9 Å². The van der Waals surface area contributed by atoms with Gasteiger partial charge >= 0.3 is 11.9 Å². The molecule has 2 fully saturated rings. The van der Waals surface area contributed by atoms with Crippen LogP contribution in [0.15, 0.2) is 16.8 Å². The molecular formula is C18H22N2O6S2. The predicted octanol–water partition coefficient (Wildman–Crippen LogP) is 1.80. The van der Waals surface area contributed by atoms with Crippen LogP contribution in [0.1, 0.15) is 27.7 Å². The Morgan fingerprint density at radius 2 is 2.04 bits per heavy atom. The molecular weight excluding hydrogens is 404 g/mol. The minimum atomic E-state index is -1.82. The molecule has 10 heteroatoms. The van der Waals surface area contributed by atoms with Crippen molar-refractivity contribution in [3.05, 3.63) is 16.8 Å². The van der Waals surface area contributed by atoms with Crippen molar-refractivity contribution in [2.24, 2.45) is 5.41 Å². The first-order valence-corrected chi connectivity index (χ1v) is 10.7. The number of carbonyl (C=O) groups is 4. The highest BCUT2D eigenvalue weighted by atomic mass is 32.2. The van der Waals surface area contributed by atoms with Crippen molar-refractivity contribution in [2.45, 2.75) is 44.7 Å².